The summed E-state index contributed by atoms with van der Waals surface area (Å²) in [6, 6.07) is 1.65. The number of amides is 1. The van der Waals surface area contributed by atoms with E-state index in [0.717, 1.165) is 12.8 Å². The van der Waals surface area contributed by atoms with Crippen molar-refractivity contribution in [2.45, 2.75) is 39.2 Å². The number of aromatic nitrogens is 1. The quantitative estimate of drug-likeness (QED) is 0.536. The first-order chi connectivity index (χ1) is 8.06. The molecular weight excluding hydrogens is 216 g/mol. The number of nitrogens with two attached hydrogens (primary N) is 1. The van der Waals surface area contributed by atoms with Gasteiger partial charge in [0, 0.05) is 11.7 Å². The van der Waals surface area contributed by atoms with Gasteiger partial charge >= 0.3 is 0 Å². The molecule has 0 aromatic carbocycles. The van der Waals surface area contributed by atoms with Gasteiger partial charge in [-0.05, 0) is 25.8 Å². The minimum Gasteiger partial charge on any atom is -0.347 e. The summed E-state index contributed by atoms with van der Waals surface area (Å²) in [6.07, 6.45) is 4.87. The Kier molecular flexibility index (Phi) is 4.45. The fraction of sp³-hybridized carbons (Fsp3) is 0.500. The van der Waals surface area contributed by atoms with Gasteiger partial charge in [-0.2, -0.15) is 0 Å². The zero-order valence-corrected chi connectivity index (χ0v) is 10.6. The third kappa shape index (κ3) is 3.17. The Labute approximate surface area is 102 Å². The number of hydrazine groups is 1. The summed E-state index contributed by atoms with van der Waals surface area (Å²) >= 11 is 0. The Morgan fingerprint density at radius 3 is 2.65 bits per heavy atom. The van der Waals surface area contributed by atoms with Crippen LogP contribution in [0.1, 0.15) is 44.0 Å². The number of nitrogen functional groups attached to an aromatic ring is 1. The number of rotatable bonds is 5. The minimum absolute atomic E-state index is 0.133. The van der Waals surface area contributed by atoms with Gasteiger partial charge in [0.25, 0.3) is 5.91 Å². The lowest BCUT2D eigenvalue weighted by atomic mass is 9.95. The molecule has 0 saturated heterocycles. The van der Waals surface area contributed by atoms with Crippen LogP contribution in [0.15, 0.2) is 18.5 Å². The molecule has 5 heteroatoms. The first-order valence-electron chi connectivity index (χ1n) is 5.79. The number of pyridine rings is 1. The Balaban J connectivity index is 2.90. The fourth-order valence-corrected chi connectivity index (χ4v) is 1.48. The highest BCUT2D eigenvalue weighted by molar-refractivity contribution is 5.99. The van der Waals surface area contributed by atoms with E-state index >= 15 is 0 Å². The summed E-state index contributed by atoms with van der Waals surface area (Å²) in [4.78, 5) is 16.0. The molecule has 0 saturated carbocycles. The third-order valence-corrected chi connectivity index (χ3v) is 3.20. The lowest BCUT2D eigenvalue weighted by Crippen LogP contribution is -2.45. The number of anilines is 1. The van der Waals surface area contributed by atoms with Crippen LogP contribution in [0.4, 0.5) is 5.69 Å². The van der Waals surface area contributed by atoms with E-state index in [0.29, 0.717) is 11.3 Å². The van der Waals surface area contributed by atoms with Crippen LogP contribution in [0.5, 0.6) is 0 Å². The summed E-state index contributed by atoms with van der Waals surface area (Å²) in [5, 5.41) is 3.02. The molecule has 0 aliphatic carbocycles. The molecular formula is C12H20N4O. The molecule has 17 heavy (non-hydrogen) atoms. The van der Waals surface area contributed by atoms with Crippen LogP contribution in [0, 0.1) is 0 Å². The summed E-state index contributed by atoms with van der Waals surface area (Å²) in [6.45, 7) is 6.14. The zero-order chi connectivity index (χ0) is 12.9. The van der Waals surface area contributed by atoms with Crippen molar-refractivity contribution >= 4 is 11.6 Å². The maximum atomic E-state index is 12.1. The summed E-state index contributed by atoms with van der Waals surface area (Å²) in [5.41, 5.74) is 3.32. The Morgan fingerprint density at radius 2 is 2.12 bits per heavy atom. The van der Waals surface area contributed by atoms with Crippen molar-refractivity contribution in [2.24, 2.45) is 5.84 Å². The van der Waals surface area contributed by atoms with Gasteiger partial charge in [-0.3, -0.25) is 15.6 Å². The monoisotopic (exact) mass is 236 g/mol. The standard InChI is InChI=1S/C12H20N4O/c1-4-12(3,5-2)15-11(17)9-6-7-14-8-10(9)16-13/h6-8,16H,4-5,13H2,1-3H3,(H,15,17). The van der Waals surface area contributed by atoms with Gasteiger partial charge in [0.05, 0.1) is 17.4 Å². The molecule has 0 aliphatic heterocycles. The highest BCUT2D eigenvalue weighted by atomic mass is 16.1. The summed E-state index contributed by atoms with van der Waals surface area (Å²) in [5.74, 6) is 5.21. The van der Waals surface area contributed by atoms with Crippen LogP contribution in [0.3, 0.4) is 0 Å². The van der Waals surface area contributed by atoms with Crippen LogP contribution >= 0.6 is 0 Å². The average Bonchev–Trinajstić information content (AvgIpc) is 2.38. The molecule has 94 valence electrons. The molecule has 0 aliphatic rings. The summed E-state index contributed by atoms with van der Waals surface area (Å²) < 4.78 is 0. The van der Waals surface area contributed by atoms with E-state index in [9.17, 15) is 4.79 Å². The van der Waals surface area contributed by atoms with Crippen LogP contribution in [-0.2, 0) is 0 Å². The minimum atomic E-state index is -0.188. The van der Waals surface area contributed by atoms with Gasteiger partial charge in [-0.1, -0.05) is 13.8 Å². The molecule has 0 radical (unpaired) electrons. The van der Waals surface area contributed by atoms with Crippen molar-refractivity contribution in [3.8, 4) is 0 Å². The second-order valence-electron chi connectivity index (χ2n) is 4.29. The molecule has 0 atom stereocenters. The lowest BCUT2D eigenvalue weighted by molar-refractivity contribution is 0.0902. The number of nitrogens with zero attached hydrogens (tertiary/aromatic N) is 1. The number of nitrogens with one attached hydrogen (secondary N) is 2. The topological polar surface area (TPSA) is 80.0 Å². The highest BCUT2D eigenvalue weighted by Crippen LogP contribution is 2.17. The number of carbonyl (C=O) groups excluding carboxylic acids is 1. The van der Waals surface area contributed by atoms with Crippen molar-refractivity contribution in [1.29, 1.82) is 0 Å². The van der Waals surface area contributed by atoms with Crippen molar-refractivity contribution in [3.05, 3.63) is 24.0 Å². The van der Waals surface area contributed by atoms with E-state index in [1.54, 1.807) is 12.3 Å². The van der Waals surface area contributed by atoms with Crippen LogP contribution in [0.2, 0.25) is 0 Å². The SMILES string of the molecule is CCC(C)(CC)NC(=O)c1ccncc1NN. The van der Waals surface area contributed by atoms with Crippen molar-refractivity contribution in [3.63, 3.8) is 0 Å². The normalized spacial score (nSPS) is 11.1. The maximum absolute atomic E-state index is 12.1. The second kappa shape index (κ2) is 5.63. The van der Waals surface area contributed by atoms with Crippen molar-refractivity contribution in [1.82, 2.24) is 10.3 Å². The Morgan fingerprint density at radius 1 is 1.47 bits per heavy atom. The highest BCUT2D eigenvalue weighted by Gasteiger charge is 2.23. The van der Waals surface area contributed by atoms with Gasteiger partial charge in [0.2, 0.25) is 0 Å². The number of carbonyl (C=O) groups is 1. The Hall–Kier alpha value is -1.62. The smallest absolute Gasteiger partial charge is 0.253 e. The molecule has 1 aromatic heterocycles. The van der Waals surface area contributed by atoms with Gasteiger partial charge in [0.15, 0.2) is 0 Å². The van der Waals surface area contributed by atoms with E-state index in [-0.39, 0.29) is 11.4 Å². The second-order valence-corrected chi connectivity index (χ2v) is 4.29. The molecule has 0 bridgehead atoms. The van der Waals surface area contributed by atoms with E-state index in [2.05, 4.69) is 29.6 Å². The van der Waals surface area contributed by atoms with E-state index in [4.69, 9.17) is 5.84 Å². The first kappa shape index (κ1) is 13.4. The molecule has 4 N–H and O–H groups in total. The number of hydrogen-bond acceptors (Lipinski definition) is 4. The van der Waals surface area contributed by atoms with Gasteiger partial charge in [-0.25, -0.2) is 0 Å². The van der Waals surface area contributed by atoms with Gasteiger partial charge in [-0.15, -0.1) is 0 Å². The molecule has 1 amide bonds. The number of hydrogen-bond donors (Lipinski definition) is 3. The average molecular weight is 236 g/mol. The largest absolute Gasteiger partial charge is 0.347 e. The van der Waals surface area contributed by atoms with Crippen molar-refractivity contribution in [2.75, 3.05) is 5.43 Å². The zero-order valence-electron chi connectivity index (χ0n) is 10.6. The fourth-order valence-electron chi connectivity index (χ4n) is 1.48. The van der Waals surface area contributed by atoms with E-state index < -0.39 is 0 Å². The van der Waals surface area contributed by atoms with E-state index in [1.165, 1.54) is 6.20 Å². The first-order valence-corrected chi connectivity index (χ1v) is 5.79. The maximum Gasteiger partial charge on any atom is 0.253 e. The predicted molar refractivity (Wildman–Crippen MR) is 68.5 cm³/mol. The van der Waals surface area contributed by atoms with Crippen LogP contribution in [-0.4, -0.2) is 16.4 Å². The predicted octanol–water partition coefficient (Wildman–Crippen LogP) is 1.68. The molecule has 5 nitrogen and oxygen atoms in total. The Bertz CT molecular complexity index is 388. The molecule has 0 fully saturated rings. The molecule has 1 aromatic rings. The molecule has 0 unspecified atom stereocenters. The molecule has 1 heterocycles. The van der Waals surface area contributed by atoms with Gasteiger partial charge < -0.3 is 10.7 Å². The lowest BCUT2D eigenvalue weighted by Gasteiger charge is -2.28. The van der Waals surface area contributed by atoms with Crippen LogP contribution in [0.25, 0.3) is 0 Å². The molecule has 1 rings (SSSR count). The van der Waals surface area contributed by atoms with Crippen molar-refractivity contribution < 1.29 is 4.79 Å². The third-order valence-electron chi connectivity index (χ3n) is 3.20. The van der Waals surface area contributed by atoms with E-state index in [1.807, 2.05) is 6.92 Å². The van der Waals surface area contributed by atoms with Crippen LogP contribution < -0.4 is 16.6 Å². The molecule has 0 spiro atoms. The van der Waals surface area contributed by atoms with Gasteiger partial charge in [0.1, 0.15) is 0 Å². The summed E-state index contributed by atoms with van der Waals surface area (Å²) in [7, 11) is 0.